The molecular formula is C32H62. The van der Waals surface area contributed by atoms with E-state index >= 15 is 0 Å². The molecule has 0 saturated heterocycles. The Morgan fingerprint density at radius 2 is 1.06 bits per heavy atom. The van der Waals surface area contributed by atoms with Gasteiger partial charge in [-0.25, -0.2) is 0 Å². The average molecular weight is 447 g/mol. The minimum absolute atomic E-state index is 1.01. The molecule has 190 valence electrons. The summed E-state index contributed by atoms with van der Waals surface area (Å²) in [6.07, 6.45) is 29.8. The van der Waals surface area contributed by atoms with E-state index in [1.54, 1.807) is 19.3 Å². The fourth-order valence-electron chi connectivity index (χ4n) is 7.67. The third kappa shape index (κ3) is 10.5. The van der Waals surface area contributed by atoms with Crippen molar-refractivity contribution < 1.29 is 0 Å². The van der Waals surface area contributed by atoms with Crippen molar-refractivity contribution in [2.45, 2.75) is 163 Å². The first kappa shape index (κ1) is 28.2. The molecular weight excluding hydrogens is 384 g/mol. The smallest absolute Gasteiger partial charge is 0.0357 e. The van der Waals surface area contributed by atoms with Gasteiger partial charge in [0.25, 0.3) is 0 Å². The summed E-state index contributed by atoms with van der Waals surface area (Å²) in [5, 5.41) is 0. The van der Waals surface area contributed by atoms with Crippen molar-refractivity contribution in [1.29, 1.82) is 0 Å². The van der Waals surface area contributed by atoms with Crippen LogP contribution in [0.15, 0.2) is 0 Å². The van der Waals surface area contributed by atoms with Gasteiger partial charge in [-0.2, -0.15) is 0 Å². The number of hydrogen-bond donors (Lipinski definition) is 0. The predicted molar refractivity (Wildman–Crippen MR) is 145 cm³/mol. The van der Waals surface area contributed by atoms with Gasteiger partial charge in [0.1, 0.15) is 0 Å². The Balaban J connectivity index is 0.000000184. The molecule has 0 aromatic rings. The van der Waals surface area contributed by atoms with Crippen molar-refractivity contribution in [3.8, 4) is 0 Å². The number of rotatable bonds is 3. The maximum Gasteiger partial charge on any atom is -0.0357 e. The monoisotopic (exact) mass is 446 g/mol. The Kier molecular flexibility index (Phi) is 14.6. The maximum absolute atomic E-state index is 2.55. The van der Waals surface area contributed by atoms with E-state index in [0.29, 0.717) is 0 Å². The molecule has 0 aromatic carbocycles. The van der Waals surface area contributed by atoms with Crippen LogP contribution in [0.2, 0.25) is 0 Å². The molecule has 4 fully saturated rings. The predicted octanol–water partition coefficient (Wildman–Crippen LogP) is 11.2. The lowest BCUT2D eigenvalue weighted by molar-refractivity contribution is 0.0663. The first-order valence-corrected chi connectivity index (χ1v) is 15.5. The lowest BCUT2D eigenvalue weighted by atomic mass is 9.63. The van der Waals surface area contributed by atoms with Gasteiger partial charge < -0.3 is 0 Å². The first-order valence-electron chi connectivity index (χ1n) is 15.5. The van der Waals surface area contributed by atoms with E-state index in [-0.39, 0.29) is 0 Å². The first-order chi connectivity index (χ1) is 15.5. The van der Waals surface area contributed by atoms with E-state index < -0.39 is 0 Å². The largest absolute Gasteiger partial charge is 0.0654 e. The van der Waals surface area contributed by atoms with Crippen LogP contribution in [0.25, 0.3) is 0 Å². The zero-order valence-electron chi connectivity index (χ0n) is 23.2. The van der Waals surface area contributed by atoms with Crippen LogP contribution in [0.4, 0.5) is 0 Å². The Bertz CT molecular complexity index is 423. The van der Waals surface area contributed by atoms with Crippen molar-refractivity contribution in [3.05, 3.63) is 0 Å². The van der Waals surface area contributed by atoms with Crippen LogP contribution in [0.3, 0.4) is 0 Å². The highest BCUT2D eigenvalue weighted by Crippen LogP contribution is 2.51. The number of hydrogen-bond acceptors (Lipinski definition) is 0. The second-order valence-electron chi connectivity index (χ2n) is 12.8. The Labute approximate surface area is 204 Å². The Hall–Kier alpha value is 0. The summed E-state index contributed by atoms with van der Waals surface area (Å²) in [6, 6.07) is 0. The third-order valence-electron chi connectivity index (χ3n) is 9.90. The van der Waals surface area contributed by atoms with Crippen molar-refractivity contribution in [1.82, 2.24) is 0 Å². The molecule has 0 N–H and O–H groups in total. The fraction of sp³-hybridized carbons (Fsp3) is 1.00. The molecule has 0 amide bonds. The molecule has 0 radical (unpaired) electrons. The maximum atomic E-state index is 2.55. The van der Waals surface area contributed by atoms with Crippen LogP contribution in [-0.4, -0.2) is 0 Å². The van der Waals surface area contributed by atoms with Crippen molar-refractivity contribution in [2.24, 2.45) is 41.4 Å². The number of fused-ring (bicyclic) bond motifs is 1. The quantitative estimate of drug-likeness (QED) is 0.404. The Morgan fingerprint density at radius 1 is 0.562 bits per heavy atom. The summed E-state index contributed by atoms with van der Waals surface area (Å²) in [5.74, 6) is 7.32. The van der Waals surface area contributed by atoms with Crippen molar-refractivity contribution >= 4 is 0 Å². The highest BCUT2D eigenvalue weighted by atomic mass is 14.5. The van der Waals surface area contributed by atoms with E-state index in [0.717, 1.165) is 41.4 Å². The summed E-state index contributed by atoms with van der Waals surface area (Å²) >= 11 is 0. The molecule has 0 aromatic heterocycles. The minimum atomic E-state index is 1.01. The highest BCUT2D eigenvalue weighted by molar-refractivity contribution is 4.91. The standard InChI is InChI=1S/C15H28.C10H20.C7H14/c1-4-5-8-14-11(2)10-13-7-6-9-15(13)12(14)3;1-10-8-6-4-2-3-5-7-9-10;1-7-5-3-2-4-6-7/h11-15H,4-10H2,1-3H3;10H,2-9H2,1H3;7H,2-6H2,1H3. The van der Waals surface area contributed by atoms with Crippen molar-refractivity contribution in [2.75, 3.05) is 0 Å². The van der Waals surface area contributed by atoms with Crippen LogP contribution in [0.1, 0.15) is 163 Å². The molecule has 4 aliphatic carbocycles. The Morgan fingerprint density at radius 3 is 1.59 bits per heavy atom. The molecule has 0 heteroatoms. The summed E-state index contributed by atoms with van der Waals surface area (Å²) < 4.78 is 0. The van der Waals surface area contributed by atoms with Gasteiger partial charge in [0.05, 0.1) is 0 Å². The molecule has 0 heterocycles. The van der Waals surface area contributed by atoms with E-state index in [9.17, 15) is 0 Å². The zero-order chi connectivity index (χ0) is 23.2. The molecule has 0 spiro atoms. The van der Waals surface area contributed by atoms with Gasteiger partial charge in [-0.05, 0) is 60.7 Å². The highest BCUT2D eigenvalue weighted by Gasteiger charge is 2.42. The third-order valence-corrected chi connectivity index (χ3v) is 9.90. The lowest BCUT2D eigenvalue weighted by Crippen LogP contribution is -2.35. The summed E-state index contributed by atoms with van der Waals surface area (Å²) in [6.45, 7) is 12.2. The topological polar surface area (TPSA) is 0 Å². The van der Waals surface area contributed by atoms with Crippen molar-refractivity contribution in [3.63, 3.8) is 0 Å². The summed E-state index contributed by atoms with van der Waals surface area (Å²) in [7, 11) is 0. The molecule has 4 aliphatic rings. The van der Waals surface area contributed by atoms with Gasteiger partial charge in [-0.1, -0.05) is 144 Å². The summed E-state index contributed by atoms with van der Waals surface area (Å²) in [4.78, 5) is 0. The second-order valence-corrected chi connectivity index (χ2v) is 12.8. The lowest BCUT2D eigenvalue weighted by Gasteiger charge is -2.43. The zero-order valence-corrected chi connectivity index (χ0v) is 23.2. The minimum Gasteiger partial charge on any atom is -0.0654 e. The van der Waals surface area contributed by atoms with Gasteiger partial charge in [-0.15, -0.1) is 0 Å². The van der Waals surface area contributed by atoms with E-state index in [2.05, 4.69) is 34.6 Å². The van der Waals surface area contributed by atoms with Gasteiger partial charge in [0.2, 0.25) is 0 Å². The van der Waals surface area contributed by atoms with Gasteiger partial charge in [-0.3, -0.25) is 0 Å². The molecule has 32 heavy (non-hydrogen) atoms. The van der Waals surface area contributed by atoms with E-state index in [4.69, 9.17) is 0 Å². The van der Waals surface area contributed by atoms with Crippen LogP contribution in [0, 0.1) is 41.4 Å². The molecule has 0 aliphatic heterocycles. The van der Waals surface area contributed by atoms with Crippen LogP contribution < -0.4 is 0 Å². The SMILES string of the molecule is CC1CCCCC1.CC1CCCCCCCC1.CCCCC1C(C)CC2CCCC2C1C. The summed E-state index contributed by atoms with van der Waals surface area (Å²) in [5.41, 5.74) is 0. The van der Waals surface area contributed by atoms with Gasteiger partial charge in [0.15, 0.2) is 0 Å². The second kappa shape index (κ2) is 16.6. The van der Waals surface area contributed by atoms with Crippen LogP contribution in [-0.2, 0) is 0 Å². The normalized spacial score (nSPS) is 34.6. The molecule has 4 saturated carbocycles. The molecule has 0 bridgehead atoms. The molecule has 0 nitrogen and oxygen atoms in total. The molecule has 5 unspecified atom stereocenters. The van der Waals surface area contributed by atoms with Crippen LogP contribution >= 0.6 is 0 Å². The number of unbranched alkanes of at least 4 members (excludes halogenated alkanes) is 1. The average Bonchev–Trinajstić information content (AvgIpc) is 3.29. The molecule has 4 rings (SSSR count). The van der Waals surface area contributed by atoms with Gasteiger partial charge in [0, 0.05) is 0 Å². The van der Waals surface area contributed by atoms with E-state index in [1.807, 2.05) is 0 Å². The van der Waals surface area contributed by atoms with Gasteiger partial charge >= 0.3 is 0 Å². The van der Waals surface area contributed by atoms with E-state index in [1.165, 1.54) is 109 Å². The van der Waals surface area contributed by atoms with Crippen LogP contribution in [0.5, 0.6) is 0 Å². The fourth-order valence-corrected chi connectivity index (χ4v) is 7.67. The molecule has 5 atom stereocenters.